The lowest BCUT2D eigenvalue weighted by molar-refractivity contribution is -0.146. The van der Waals surface area contributed by atoms with Crippen LogP contribution in [-0.4, -0.2) is 11.1 Å². The molecule has 1 aromatic rings. The van der Waals surface area contributed by atoms with Crippen molar-refractivity contribution in [3.63, 3.8) is 0 Å². The lowest BCUT2D eigenvalue weighted by Gasteiger charge is -2.19. The van der Waals surface area contributed by atoms with Gasteiger partial charge >= 0.3 is 5.97 Å². The fourth-order valence-electron chi connectivity index (χ4n) is 1.23. The van der Waals surface area contributed by atoms with Crippen molar-refractivity contribution in [1.29, 1.82) is 0 Å². The Hall–Kier alpha value is -0.540. The van der Waals surface area contributed by atoms with Crippen molar-refractivity contribution < 1.29 is 9.90 Å². The van der Waals surface area contributed by atoms with Gasteiger partial charge in [-0.2, -0.15) is 0 Å². The van der Waals surface area contributed by atoms with Gasteiger partial charge in [-0.05, 0) is 44.0 Å². The molecule has 0 unspecified atom stereocenters. The first kappa shape index (κ1) is 12.5. The molecule has 0 aromatic heterocycles. The Balaban J connectivity index is 2.99. The molecule has 82 valence electrons. The van der Waals surface area contributed by atoms with E-state index in [9.17, 15) is 4.79 Å². The maximum Gasteiger partial charge on any atom is 0.309 e. The van der Waals surface area contributed by atoms with E-state index in [1.807, 2.05) is 12.1 Å². The minimum Gasteiger partial charge on any atom is -0.481 e. The molecule has 1 aromatic carbocycles. The van der Waals surface area contributed by atoms with Crippen LogP contribution in [-0.2, 0) is 11.2 Å². The molecule has 0 saturated heterocycles. The second-order valence-corrected chi connectivity index (χ2v) is 5.42. The van der Waals surface area contributed by atoms with Gasteiger partial charge in [-0.1, -0.05) is 27.5 Å². The summed E-state index contributed by atoms with van der Waals surface area (Å²) < 4.78 is 0.906. The summed E-state index contributed by atoms with van der Waals surface area (Å²) in [5.41, 5.74) is 0.0446. The molecule has 0 aliphatic rings. The second kappa shape index (κ2) is 4.54. The minimum absolute atomic E-state index is 0.417. The lowest BCUT2D eigenvalue weighted by Crippen LogP contribution is -2.26. The van der Waals surface area contributed by atoms with Crippen LogP contribution in [0.1, 0.15) is 19.4 Å². The molecule has 4 heteroatoms. The van der Waals surface area contributed by atoms with E-state index >= 15 is 0 Å². The molecule has 1 N–H and O–H groups in total. The zero-order valence-corrected chi connectivity index (χ0v) is 10.9. The predicted molar refractivity (Wildman–Crippen MR) is 64.3 cm³/mol. The second-order valence-electron chi connectivity index (χ2n) is 4.10. The molecule has 0 spiro atoms. The number of rotatable bonds is 3. The maximum atomic E-state index is 11.0. The van der Waals surface area contributed by atoms with Crippen LogP contribution in [0.2, 0.25) is 5.02 Å². The summed E-state index contributed by atoms with van der Waals surface area (Å²) in [6.45, 7) is 3.37. The van der Waals surface area contributed by atoms with Gasteiger partial charge in [-0.25, -0.2) is 0 Å². The quantitative estimate of drug-likeness (QED) is 0.921. The lowest BCUT2D eigenvalue weighted by atomic mass is 9.86. The van der Waals surface area contributed by atoms with Crippen molar-refractivity contribution in [2.45, 2.75) is 20.3 Å². The van der Waals surface area contributed by atoms with Crippen LogP contribution in [0.5, 0.6) is 0 Å². The normalized spacial score (nSPS) is 11.5. The first-order valence-corrected chi connectivity index (χ1v) is 5.67. The average Bonchev–Trinajstić information content (AvgIpc) is 2.10. The number of carboxylic acids is 1. The Labute approximate surface area is 102 Å². The Morgan fingerprint density at radius 3 is 2.67 bits per heavy atom. The summed E-state index contributed by atoms with van der Waals surface area (Å²) in [7, 11) is 0. The summed E-state index contributed by atoms with van der Waals surface area (Å²) in [5, 5.41) is 9.61. The molecule has 0 bridgehead atoms. The number of aliphatic carboxylic acids is 1. The molecule has 0 amide bonds. The van der Waals surface area contributed by atoms with E-state index in [4.69, 9.17) is 16.7 Å². The summed E-state index contributed by atoms with van der Waals surface area (Å²) >= 11 is 9.33. The van der Waals surface area contributed by atoms with Crippen molar-refractivity contribution in [3.8, 4) is 0 Å². The van der Waals surface area contributed by atoms with E-state index in [1.54, 1.807) is 19.9 Å². The number of hydrogen-bond donors (Lipinski definition) is 1. The van der Waals surface area contributed by atoms with E-state index in [0.717, 1.165) is 10.0 Å². The van der Waals surface area contributed by atoms with Gasteiger partial charge in [0.2, 0.25) is 0 Å². The molecular formula is C11H12BrClO2. The van der Waals surface area contributed by atoms with Crippen molar-refractivity contribution in [2.24, 2.45) is 5.41 Å². The zero-order valence-electron chi connectivity index (χ0n) is 8.55. The van der Waals surface area contributed by atoms with E-state index in [1.165, 1.54) is 0 Å². The molecule has 0 heterocycles. The molecule has 2 nitrogen and oxygen atoms in total. The van der Waals surface area contributed by atoms with Gasteiger partial charge in [0.15, 0.2) is 0 Å². The highest BCUT2D eigenvalue weighted by atomic mass is 79.9. The number of halogens is 2. The molecule has 0 fully saturated rings. The third kappa shape index (κ3) is 3.21. The topological polar surface area (TPSA) is 37.3 Å². The van der Waals surface area contributed by atoms with E-state index in [0.29, 0.717) is 11.4 Å². The molecule has 15 heavy (non-hydrogen) atoms. The molecule has 0 atom stereocenters. The van der Waals surface area contributed by atoms with Crippen molar-refractivity contribution in [1.82, 2.24) is 0 Å². The van der Waals surface area contributed by atoms with Gasteiger partial charge < -0.3 is 5.11 Å². The van der Waals surface area contributed by atoms with Gasteiger partial charge in [0.25, 0.3) is 0 Å². The van der Waals surface area contributed by atoms with Crippen LogP contribution in [0.15, 0.2) is 22.7 Å². The number of carboxylic acid groups (broad SMARTS) is 1. The first-order valence-electron chi connectivity index (χ1n) is 4.50. The molecule has 0 aliphatic heterocycles. The van der Waals surface area contributed by atoms with Crippen LogP contribution in [0, 0.1) is 5.41 Å². The highest BCUT2D eigenvalue weighted by Gasteiger charge is 2.28. The van der Waals surface area contributed by atoms with E-state index < -0.39 is 11.4 Å². The first-order chi connectivity index (χ1) is 6.83. The van der Waals surface area contributed by atoms with Crippen LogP contribution in [0.3, 0.4) is 0 Å². The molecule has 0 saturated carbocycles. The van der Waals surface area contributed by atoms with E-state index in [2.05, 4.69) is 15.9 Å². The summed E-state index contributed by atoms with van der Waals surface area (Å²) in [5.74, 6) is -0.821. The number of hydrogen-bond acceptors (Lipinski definition) is 1. The van der Waals surface area contributed by atoms with Gasteiger partial charge in [-0.15, -0.1) is 0 Å². The summed E-state index contributed by atoms with van der Waals surface area (Å²) in [6, 6.07) is 5.45. The largest absolute Gasteiger partial charge is 0.481 e. The van der Waals surface area contributed by atoms with Crippen LogP contribution >= 0.6 is 27.5 Å². The predicted octanol–water partition coefficient (Wildman–Crippen LogP) is 3.76. The third-order valence-electron chi connectivity index (χ3n) is 2.22. The van der Waals surface area contributed by atoms with Crippen molar-refractivity contribution >= 4 is 33.5 Å². The number of carbonyl (C=O) groups is 1. The fraction of sp³-hybridized carbons (Fsp3) is 0.364. The minimum atomic E-state index is -0.821. The van der Waals surface area contributed by atoms with Crippen LogP contribution < -0.4 is 0 Å². The standard InChI is InChI=1S/C11H12BrClO2/c1-11(2,10(14)15)6-7-5-8(12)3-4-9(7)13/h3-5H,6H2,1-2H3,(H,14,15). The smallest absolute Gasteiger partial charge is 0.309 e. The van der Waals surface area contributed by atoms with Gasteiger partial charge in [0, 0.05) is 9.50 Å². The van der Waals surface area contributed by atoms with Crippen molar-refractivity contribution in [2.75, 3.05) is 0 Å². The van der Waals surface area contributed by atoms with E-state index in [-0.39, 0.29) is 0 Å². The van der Waals surface area contributed by atoms with Gasteiger partial charge in [-0.3, -0.25) is 4.79 Å². The molecule has 0 aliphatic carbocycles. The van der Waals surface area contributed by atoms with Crippen molar-refractivity contribution in [3.05, 3.63) is 33.3 Å². The van der Waals surface area contributed by atoms with Crippen LogP contribution in [0.25, 0.3) is 0 Å². The highest BCUT2D eigenvalue weighted by molar-refractivity contribution is 9.10. The Kier molecular flexibility index (Phi) is 3.79. The highest BCUT2D eigenvalue weighted by Crippen LogP contribution is 2.28. The van der Waals surface area contributed by atoms with Gasteiger partial charge in [0.1, 0.15) is 0 Å². The average molecular weight is 292 g/mol. The van der Waals surface area contributed by atoms with Crippen LogP contribution in [0.4, 0.5) is 0 Å². The Morgan fingerprint density at radius 1 is 1.53 bits per heavy atom. The molecular weight excluding hydrogens is 279 g/mol. The Bertz CT molecular complexity index is 388. The zero-order chi connectivity index (χ0) is 11.6. The SMILES string of the molecule is CC(C)(Cc1cc(Br)ccc1Cl)C(=O)O. The number of benzene rings is 1. The van der Waals surface area contributed by atoms with Gasteiger partial charge in [0.05, 0.1) is 5.41 Å². The molecule has 1 rings (SSSR count). The maximum absolute atomic E-state index is 11.0. The summed E-state index contributed by atoms with van der Waals surface area (Å²) in [6.07, 6.45) is 0.417. The fourth-order valence-corrected chi connectivity index (χ4v) is 1.82. The third-order valence-corrected chi connectivity index (χ3v) is 3.08. The Morgan fingerprint density at radius 2 is 2.13 bits per heavy atom. The molecule has 0 radical (unpaired) electrons. The summed E-state index contributed by atoms with van der Waals surface area (Å²) in [4.78, 5) is 11.0. The monoisotopic (exact) mass is 290 g/mol.